The van der Waals surface area contributed by atoms with Crippen LogP contribution < -0.4 is 9.47 Å². The number of halogens is 2. The Hall–Kier alpha value is -3.20. The second-order valence-electron chi connectivity index (χ2n) is 12.9. The Morgan fingerprint density at radius 1 is 1.21 bits per heavy atom. The summed E-state index contributed by atoms with van der Waals surface area (Å²) in [6.45, 7) is 4.64. The number of benzene rings is 2. The summed E-state index contributed by atoms with van der Waals surface area (Å²) < 4.78 is 11.5. The summed E-state index contributed by atoms with van der Waals surface area (Å²) in [7, 11) is 1.67. The van der Waals surface area contributed by atoms with Gasteiger partial charge in [-0.15, -0.1) is 11.3 Å². The predicted molar refractivity (Wildman–Crippen MR) is 185 cm³/mol. The van der Waals surface area contributed by atoms with Gasteiger partial charge in [-0.25, -0.2) is 4.98 Å². The first kappa shape index (κ1) is 33.7. The highest BCUT2D eigenvalue weighted by molar-refractivity contribution is 7.12. The number of aliphatic hydroxyl groups excluding tert-OH is 1. The van der Waals surface area contributed by atoms with E-state index in [4.69, 9.17) is 37.7 Å². The van der Waals surface area contributed by atoms with Crippen LogP contribution in [0.1, 0.15) is 84.5 Å². The fraction of sp³-hybridized carbons (Fsp3) is 0.472. The first-order chi connectivity index (χ1) is 22.7. The van der Waals surface area contributed by atoms with Gasteiger partial charge in [0.1, 0.15) is 5.75 Å². The Morgan fingerprint density at radius 3 is 2.66 bits per heavy atom. The first-order valence-corrected chi connectivity index (χ1v) is 17.8. The minimum Gasteiger partial charge on any atom is -0.496 e. The molecule has 6 rings (SSSR count). The third-order valence-electron chi connectivity index (χ3n) is 9.56. The minimum absolute atomic E-state index is 0.0113. The molecular weight excluding hydrogens is 655 g/mol. The molecule has 0 spiro atoms. The lowest BCUT2D eigenvalue weighted by Crippen LogP contribution is -2.40. The fourth-order valence-electron chi connectivity index (χ4n) is 6.97. The average Bonchev–Trinajstić information content (AvgIpc) is 3.79. The molecule has 3 aromatic rings. The molecule has 0 radical (unpaired) electrons. The molecule has 8 nitrogen and oxygen atoms in total. The van der Waals surface area contributed by atoms with Gasteiger partial charge < -0.3 is 25.0 Å². The molecule has 1 amide bonds. The summed E-state index contributed by atoms with van der Waals surface area (Å²) in [6.07, 6.45) is 7.70. The van der Waals surface area contributed by atoms with Crippen LogP contribution in [0.15, 0.2) is 42.1 Å². The monoisotopic (exact) mass is 694 g/mol. The van der Waals surface area contributed by atoms with Crippen LogP contribution in [0.3, 0.4) is 0 Å². The summed E-state index contributed by atoms with van der Waals surface area (Å²) in [5, 5.41) is 11.6. The summed E-state index contributed by atoms with van der Waals surface area (Å²) in [5.41, 5.74) is 15.2. The van der Waals surface area contributed by atoms with Gasteiger partial charge in [0.2, 0.25) is 0 Å². The summed E-state index contributed by atoms with van der Waals surface area (Å²) in [5.74, 6) is 1.66. The maximum absolute atomic E-state index is 14.7. The van der Waals surface area contributed by atoms with Crippen LogP contribution in [0.25, 0.3) is 11.1 Å². The van der Waals surface area contributed by atoms with E-state index in [0.717, 1.165) is 75.7 Å². The van der Waals surface area contributed by atoms with E-state index in [1.165, 1.54) is 0 Å². The Kier molecular flexibility index (Phi) is 10.4. The number of amides is 1. The number of allylic oxidation sites excluding steroid dienone is 1. The SMILES string of the molecule is COc1cccc(CN(C(=O)C2=C(c3cnc(CCCOc4c(Cl)cc([C@H](C)O)cc4Cl)s3)C[C@@H]3CC(=[N+]=[N-])C[C@@H]2C3)C2CC2)c1C. The van der Waals surface area contributed by atoms with Crippen molar-refractivity contribution in [1.29, 1.82) is 0 Å². The molecule has 1 heterocycles. The normalized spacial score (nSPS) is 19.7. The molecule has 1 aromatic heterocycles. The summed E-state index contributed by atoms with van der Waals surface area (Å²) >= 11 is 14.4. The zero-order valence-electron chi connectivity index (χ0n) is 27.0. The molecule has 0 aliphatic heterocycles. The lowest BCUT2D eigenvalue weighted by molar-refractivity contribution is -0.129. The van der Waals surface area contributed by atoms with E-state index in [9.17, 15) is 15.4 Å². The fourth-order valence-corrected chi connectivity index (χ4v) is 8.61. The molecule has 3 aliphatic rings. The molecule has 3 atom stereocenters. The van der Waals surface area contributed by atoms with Crippen LogP contribution in [-0.2, 0) is 17.8 Å². The van der Waals surface area contributed by atoms with Crippen molar-refractivity contribution in [2.45, 2.75) is 83.9 Å². The third kappa shape index (κ3) is 7.45. The lowest BCUT2D eigenvalue weighted by atomic mass is 9.68. The number of hydrogen-bond donors (Lipinski definition) is 1. The van der Waals surface area contributed by atoms with E-state index in [1.54, 1.807) is 37.5 Å². The van der Waals surface area contributed by atoms with Crippen molar-refractivity contribution in [2.75, 3.05) is 13.7 Å². The molecule has 47 heavy (non-hydrogen) atoms. The number of rotatable bonds is 12. The number of fused-ring (bicyclic) bond motifs is 2. The number of ether oxygens (including phenoxy) is 2. The van der Waals surface area contributed by atoms with Gasteiger partial charge in [-0.2, -0.15) is 4.79 Å². The van der Waals surface area contributed by atoms with Crippen molar-refractivity contribution in [1.82, 2.24) is 9.88 Å². The number of aliphatic hydroxyl groups is 1. The maximum Gasteiger partial charge on any atom is 0.269 e. The lowest BCUT2D eigenvalue weighted by Gasteiger charge is -2.37. The number of methoxy groups -OCH3 is 1. The van der Waals surface area contributed by atoms with Crippen molar-refractivity contribution >= 4 is 51.7 Å². The van der Waals surface area contributed by atoms with Gasteiger partial charge in [0.05, 0.1) is 46.2 Å². The standard InChI is InChI=1S/C36H40Cl2N4O4S/c1-20-23(6-4-7-31(20)45-3)19-42(27-9-10-27)36(44)34-25-12-22(13-26(15-25)41-39)14-28(34)32-18-40-33(47-32)8-5-11-46-35-29(37)16-24(21(2)43)17-30(35)38/h4,6-7,16-18,21-22,25,27,43H,5,8-15,19H2,1-3H3/t21-,22-,25-/m0/s1. The molecular formula is C36H40Cl2N4O4S. The molecule has 2 fully saturated rings. The molecule has 2 aromatic carbocycles. The van der Waals surface area contributed by atoms with E-state index >= 15 is 0 Å². The van der Waals surface area contributed by atoms with Crippen LogP contribution in [0, 0.1) is 18.8 Å². The van der Waals surface area contributed by atoms with Crippen LogP contribution in [0.5, 0.6) is 11.5 Å². The van der Waals surface area contributed by atoms with Gasteiger partial charge in [0.15, 0.2) is 5.75 Å². The maximum atomic E-state index is 14.7. The average molecular weight is 696 g/mol. The second kappa shape index (κ2) is 14.5. The molecule has 0 saturated heterocycles. The largest absolute Gasteiger partial charge is 0.496 e. The van der Waals surface area contributed by atoms with Crippen LogP contribution in [0.4, 0.5) is 0 Å². The Balaban J connectivity index is 1.22. The molecule has 1 N–H and O–H groups in total. The van der Waals surface area contributed by atoms with Gasteiger partial charge in [0.25, 0.3) is 11.6 Å². The predicted octanol–water partition coefficient (Wildman–Crippen LogP) is 8.27. The van der Waals surface area contributed by atoms with Gasteiger partial charge in [-0.05, 0) is 92.3 Å². The second-order valence-corrected chi connectivity index (χ2v) is 14.9. The van der Waals surface area contributed by atoms with E-state index in [0.29, 0.717) is 59.7 Å². The number of aryl methyl sites for hydroxylation is 1. The number of hydrogen-bond acceptors (Lipinski definition) is 6. The van der Waals surface area contributed by atoms with Gasteiger partial charge in [0, 0.05) is 43.1 Å². The van der Waals surface area contributed by atoms with E-state index < -0.39 is 6.10 Å². The van der Waals surface area contributed by atoms with Crippen molar-refractivity contribution in [3.8, 4) is 11.5 Å². The van der Waals surface area contributed by atoms with Crippen molar-refractivity contribution < 1.29 is 24.2 Å². The third-order valence-corrected chi connectivity index (χ3v) is 11.2. The van der Waals surface area contributed by atoms with Crippen molar-refractivity contribution in [3.63, 3.8) is 0 Å². The molecule has 11 heteroatoms. The number of carbonyl (C=O) groups excluding carboxylic acids is 1. The van der Waals surface area contributed by atoms with Crippen LogP contribution in [-0.4, -0.2) is 51.2 Å². The van der Waals surface area contributed by atoms with E-state index in [2.05, 4.69) is 15.8 Å². The Bertz CT molecular complexity index is 1720. The quantitative estimate of drug-likeness (QED) is 0.117. The summed E-state index contributed by atoms with van der Waals surface area (Å²) in [4.78, 5) is 26.1. The highest BCUT2D eigenvalue weighted by Crippen LogP contribution is 2.48. The minimum atomic E-state index is -0.674. The van der Waals surface area contributed by atoms with E-state index in [-0.39, 0.29) is 17.9 Å². The highest BCUT2D eigenvalue weighted by atomic mass is 35.5. The number of carbonyl (C=O) groups is 1. The zero-order chi connectivity index (χ0) is 33.2. The van der Waals surface area contributed by atoms with Crippen LogP contribution in [0.2, 0.25) is 10.0 Å². The number of aromatic nitrogens is 1. The molecule has 0 unspecified atom stereocenters. The topological polar surface area (TPSA) is 108 Å². The van der Waals surface area contributed by atoms with Gasteiger partial charge in [-0.1, -0.05) is 35.3 Å². The van der Waals surface area contributed by atoms with Crippen molar-refractivity contribution in [2.24, 2.45) is 11.8 Å². The molecule has 2 saturated carbocycles. The van der Waals surface area contributed by atoms with Gasteiger partial charge >= 0.3 is 0 Å². The first-order valence-electron chi connectivity index (χ1n) is 16.3. The molecule has 248 valence electrons. The molecule has 2 bridgehead atoms. The zero-order valence-corrected chi connectivity index (χ0v) is 29.3. The summed E-state index contributed by atoms with van der Waals surface area (Å²) in [6, 6.07) is 9.58. The Labute approximate surface area is 289 Å². The van der Waals surface area contributed by atoms with Gasteiger partial charge in [-0.3, -0.25) is 4.79 Å². The van der Waals surface area contributed by atoms with Crippen molar-refractivity contribution in [3.05, 3.63) is 84.3 Å². The highest BCUT2D eigenvalue weighted by Gasteiger charge is 2.44. The number of thiazole rings is 1. The number of nitrogens with zero attached hydrogens (tertiary/aromatic N) is 4. The molecule has 3 aliphatic carbocycles. The van der Waals surface area contributed by atoms with Crippen LogP contribution >= 0.6 is 34.5 Å². The van der Waals surface area contributed by atoms with E-state index in [1.807, 2.05) is 25.3 Å². The smallest absolute Gasteiger partial charge is 0.269 e. The Morgan fingerprint density at radius 2 is 1.98 bits per heavy atom.